The van der Waals surface area contributed by atoms with Crippen molar-refractivity contribution in [1.29, 1.82) is 0 Å². The van der Waals surface area contributed by atoms with Crippen molar-refractivity contribution in [2.75, 3.05) is 13.1 Å². The molecule has 0 aliphatic carbocycles. The predicted octanol–water partition coefficient (Wildman–Crippen LogP) is 4.16. The van der Waals surface area contributed by atoms with Crippen molar-refractivity contribution in [3.05, 3.63) is 63.9 Å². The van der Waals surface area contributed by atoms with Gasteiger partial charge in [-0.25, -0.2) is 0 Å². The number of pyridine rings is 1. The highest BCUT2D eigenvalue weighted by Gasteiger charge is 2.12. The van der Waals surface area contributed by atoms with Crippen molar-refractivity contribution in [2.45, 2.75) is 26.7 Å². The fourth-order valence-corrected chi connectivity index (χ4v) is 2.77. The summed E-state index contributed by atoms with van der Waals surface area (Å²) in [6.45, 7) is 6.39. The maximum absolute atomic E-state index is 4.52. The first kappa shape index (κ1) is 16.2. The minimum absolute atomic E-state index is 0.569. The van der Waals surface area contributed by atoms with E-state index in [4.69, 9.17) is 0 Å². The molecule has 1 aromatic carbocycles. The summed E-state index contributed by atoms with van der Waals surface area (Å²) >= 11 is 3.44. The summed E-state index contributed by atoms with van der Waals surface area (Å²) in [5, 5.41) is 3.48. The lowest BCUT2D eigenvalue weighted by Gasteiger charge is -2.18. The van der Waals surface area contributed by atoms with Gasteiger partial charge in [0.1, 0.15) is 0 Å². The third-order valence-corrected chi connectivity index (χ3v) is 4.21. The molecule has 1 aromatic heterocycles. The van der Waals surface area contributed by atoms with Gasteiger partial charge in [0.05, 0.1) is 0 Å². The second-order valence-corrected chi connectivity index (χ2v) is 6.39. The first-order valence-electron chi connectivity index (χ1n) is 7.54. The van der Waals surface area contributed by atoms with E-state index in [1.165, 1.54) is 11.1 Å². The molecule has 0 bridgehead atoms. The Bertz CT molecular complexity index is 551. The van der Waals surface area contributed by atoms with Gasteiger partial charge in [-0.05, 0) is 78.0 Å². The Morgan fingerprint density at radius 3 is 2.62 bits per heavy atom. The second-order valence-electron chi connectivity index (χ2n) is 5.48. The van der Waals surface area contributed by atoms with E-state index in [9.17, 15) is 0 Å². The topological polar surface area (TPSA) is 24.9 Å². The highest BCUT2D eigenvalue weighted by atomic mass is 79.9. The van der Waals surface area contributed by atoms with Gasteiger partial charge >= 0.3 is 0 Å². The normalized spacial score (nSPS) is 12.3. The van der Waals surface area contributed by atoms with Crippen LogP contribution in [0.4, 0.5) is 0 Å². The van der Waals surface area contributed by atoms with Gasteiger partial charge in [-0.15, -0.1) is 0 Å². The van der Waals surface area contributed by atoms with Crippen LogP contribution in [0.2, 0.25) is 0 Å². The van der Waals surface area contributed by atoms with Crippen LogP contribution in [-0.2, 0) is 12.8 Å². The monoisotopic (exact) mass is 346 g/mol. The highest BCUT2D eigenvalue weighted by molar-refractivity contribution is 9.10. The van der Waals surface area contributed by atoms with E-state index in [1.54, 1.807) is 0 Å². The van der Waals surface area contributed by atoms with Crippen LogP contribution in [0.3, 0.4) is 0 Å². The fraction of sp³-hybridized carbons (Fsp3) is 0.389. The summed E-state index contributed by atoms with van der Waals surface area (Å²) < 4.78 is 1.04. The molecule has 0 amide bonds. The number of aromatic nitrogens is 1. The van der Waals surface area contributed by atoms with Crippen LogP contribution in [0, 0.1) is 12.8 Å². The molecule has 112 valence electrons. The highest BCUT2D eigenvalue weighted by Crippen LogP contribution is 2.17. The van der Waals surface area contributed by atoms with Crippen LogP contribution >= 0.6 is 15.9 Å². The third-order valence-electron chi connectivity index (χ3n) is 3.74. The van der Waals surface area contributed by atoms with Gasteiger partial charge in [0.15, 0.2) is 0 Å². The van der Waals surface area contributed by atoms with E-state index < -0.39 is 0 Å². The number of aryl methyl sites for hydroxylation is 1. The van der Waals surface area contributed by atoms with E-state index in [0.29, 0.717) is 5.92 Å². The van der Waals surface area contributed by atoms with E-state index in [-0.39, 0.29) is 0 Å². The van der Waals surface area contributed by atoms with Crippen molar-refractivity contribution in [1.82, 2.24) is 10.3 Å². The van der Waals surface area contributed by atoms with Crippen LogP contribution in [0.25, 0.3) is 0 Å². The van der Waals surface area contributed by atoms with Gasteiger partial charge in [-0.3, -0.25) is 4.98 Å². The largest absolute Gasteiger partial charge is 0.317 e. The van der Waals surface area contributed by atoms with Crippen LogP contribution in [0.5, 0.6) is 0 Å². The summed E-state index contributed by atoms with van der Waals surface area (Å²) in [4.78, 5) is 4.52. The molecule has 1 atom stereocenters. The first-order valence-corrected chi connectivity index (χ1v) is 8.34. The number of benzene rings is 1. The van der Waals surface area contributed by atoms with Gasteiger partial charge in [0.2, 0.25) is 0 Å². The Labute approximate surface area is 136 Å². The first-order chi connectivity index (χ1) is 10.2. The van der Waals surface area contributed by atoms with Crippen LogP contribution in [0.1, 0.15) is 23.7 Å². The standard InChI is InChI=1S/C18H23BrN2/c1-3-20-12-15(10-16-7-5-4-6-14(16)2)11-18-9-8-17(19)13-21-18/h4-9,13,15,20H,3,10-12H2,1-2H3. The minimum atomic E-state index is 0.569. The van der Waals surface area contributed by atoms with E-state index in [2.05, 4.69) is 76.5 Å². The number of nitrogens with one attached hydrogen (secondary N) is 1. The summed E-state index contributed by atoms with van der Waals surface area (Å²) in [6.07, 6.45) is 3.99. The molecule has 2 nitrogen and oxygen atoms in total. The van der Waals surface area contributed by atoms with Crippen LogP contribution in [0.15, 0.2) is 47.1 Å². The Morgan fingerprint density at radius 2 is 1.95 bits per heavy atom. The van der Waals surface area contributed by atoms with E-state index in [0.717, 1.165) is 36.1 Å². The summed E-state index contributed by atoms with van der Waals surface area (Å²) in [5.41, 5.74) is 3.98. The Morgan fingerprint density at radius 1 is 1.14 bits per heavy atom. The molecule has 0 spiro atoms. The molecule has 0 aliphatic heterocycles. The van der Waals surface area contributed by atoms with E-state index >= 15 is 0 Å². The van der Waals surface area contributed by atoms with Gasteiger partial charge < -0.3 is 5.32 Å². The lowest BCUT2D eigenvalue weighted by atomic mass is 9.92. The number of hydrogen-bond donors (Lipinski definition) is 1. The zero-order valence-corrected chi connectivity index (χ0v) is 14.4. The smallest absolute Gasteiger partial charge is 0.0413 e. The summed E-state index contributed by atoms with van der Waals surface area (Å²) in [5.74, 6) is 0.569. The van der Waals surface area contributed by atoms with Crippen LogP contribution in [-0.4, -0.2) is 18.1 Å². The quantitative estimate of drug-likeness (QED) is 0.813. The molecular formula is C18H23BrN2. The van der Waals surface area contributed by atoms with E-state index in [1.807, 2.05) is 6.20 Å². The molecule has 0 saturated heterocycles. The van der Waals surface area contributed by atoms with Crippen molar-refractivity contribution in [3.8, 4) is 0 Å². The minimum Gasteiger partial charge on any atom is -0.317 e. The molecule has 1 heterocycles. The Balaban J connectivity index is 2.07. The molecule has 0 saturated carbocycles. The second kappa shape index (κ2) is 8.30. The summed E-state index contributed by atoms with van der Waals surface area (Å²) in [7, 11) is 0. The predicted molar refractivity (Wildman–Crippen MR) is 92.6 cm³/mol. The average Bonchev–Trinajstić information content (AvgIpc) is 2.49. The molecule has 0 fully saturated rings. The lowest BCUT2D eigenvalue weighted by molar-refractivity contribution is 0.473. The maximum atomic E-state index is 4.52. The molecular weight excluding hydrogens is 324 g/mol. The average molecular weight is 347 g/mol. The van der Waals surface area contributed by atoms with Gasteiger partial charge in [-0.1, -0.05) is 31.2 Å². The molecule has 2 aromatic rings. The van der Waals surface area contributed by atoms with Crippen molar-refractivity contribution in [2.24, 2.45) is 5.92 Å². The SMILES string of the molecule is CCNCC(Cc1ccc(Br)cn1)Cc1ccccc1C. The molecule has 1 unspecified atom stereocenters. The summed E-state index contributed by atoms with van der Waals surface area (Å²) in [6, 6.07) is 12.8. The molecule has 0 aliphatic rings. The number of hydrogen-bond acceptors (Lipinski definition) is 2. The number of nitrogens with zero attached hydrogens (tertiary/aromatic N) is 1. The molecule has 0 radical (unpaired) electrons. The number of rotatable bonds is 7. The van der Waals surface area contributed by atoms with Gasteiger partial charge in [-0.2, -0.15) is 0 Å². The van der Waals surface area contributed by atoms with Crippen LogP contribution < -0.4 is 5.32 Å². The zero-order chi connectivity index (χ0) is 15.1. The van der Waals surface area contributed by atoms with Crippen molar-refractivity contribution >= 4 is 15.9 Å². The van der Waals surface area contributed by atoms with Crippen molar-refractivity contribution < 1.29 is 0 Å². The molecule has 21 heavy (non-hydrogen) atoms. The van der Waals surface area contributed by atoms with Gasteiger partial charge in [0, 0.05) is 16.4 Å². The molecule has 1 N–H and O–H groups in total. The zero-order valence-electron chi connectivity index (χ0n) is 12.8. The molecule has 2 rings (SSSR count). The number of halogens is 1. The van der Waals surface area contributed by atoms with Gasteiger partial charge in [0.25, 0.3) is 0 Å². The maximum Gasteiger partial charge on any atom is 0.0413 e. The van der Waals surface area contributed by atoms with Crippen molar-refractivity contribution in [3.63, 3.8) is 0 Å². The third kappa shape index (κ3) is 5.25. The Hall–Kier alpha value is -1.19. The fourth-order valence-electron chi connectivity index (χ4n) is 2.54. The lowest BCUT2D eigenvalue weighted by Crippen LogP contribution is -2.26. The molecule has 3 heteroatoms. The Kier molecular flexibility index (Phi) is 6.40.